The Morgan fingerprint density at radius 2 is 2.17 bits per heavy atom. The number of ether oxygens (including phenoxy) is 1. The molecule has 1 atom stereocenters. The third-order valence-corrected chi connectivity index (χ3v) is 4.33. The van der Waals surface area contributed by atoms with Crippen molar-refractivity contribution in [1.82, 2.24) is 5.32 Å². The predicted molar refractivity (Wildman–Crippen MR) is 91.0 cm³/mol. The van der Waals surface area contributed by atoms with Crippen molar-refractivity contribution in [2.45, 2.75) is 31.8 Å². The van der Waals surface area contributed by atoms with E-state index in [4.69, 9.17) is 9.15 Å². The summed E-state index contributed by atoms with van der Waals surface area (Å²) in [7, 11) is 0. The summed E-state index contributed by atoms with van der Waals surface area (Å²) in [5.74, 6) is 0.992. The largest absolute Gasteiger partial charge is 0.451 e. The number of carbonyl (C=O) groups is 1. The minimum Gasteiger partial charge on any atom is -0.451 e. The van der Waals surface area contributed by atoms with Gasteiger partial charge in [-0.2, -0.15) is 0 Å². The smallest absolute Gasteiger partial charge is 0.287 e. The van der Waals surface area contributed by atoms with E-state index in [-0.39, 0.29) is 24.8 Å². The van der Waals surface area contributed by atoms with Crippen molar-refractivity contribution in [3.05, 3.63) is 47.7 Å². The Bertz CT molecular complexity index is 714. The number of benzene rings is 1. The number of rotatable bonds is 5. The Hall–Kier alpha value is -2.11. The maximum atomic E-state index is 12.2. The van der Waals surface area contributed by atoms with Crippen LogP contribution in [0.3, 0.4) is 0 Å². The first-order valence-corrected chi connectivity index (χ1v) is 8.25. The van der Waals surface area contributed by atoms with Crippen molar-refractivity contribution in [2.75, 3.05) is 19.8 Å². The molecule has 3 rings (SSSR count). The molecule has 0 radical (unpaired) electrons. The second kappa shape index (κ2) is 6.79. The Balaban J connectivity index is 1.68. The number of furan rings is 1. The highest BCUT2D eigenvalue weighted by Crippen LogP contribution is 2.26. The number of nitrogens with one attached hydrogen (secondary N) is 1. The molecule has 1 saturated heterocycles. The van der Waals surface area contributed by atoms with Crippen molar-refractivity contribution < 1.29 is 19.1 Å². The first kappa shape index (κ1) is 16.7. The molecule has 1 aromatic heterocycles. The maximum absolute atomic E-state index is 12.2. The highest BCUT2D eigenvalue weighted by atomic mass is 16.5. The highest BCUT2D eigenvalue weighted by Gasteiger charge is 2.32. The quantitative estimate of drug-likeness (QED) is 0.885. The number of hydrogen-bond acceptors (Lipinski definition) is 4. The fourth-order valence-corrected chi connectivity index (χ4v) is 2.73. The summed E-state index contributed by atoms with van der Waals surface area (Å²) in [4.78, 5) is 12.2. The minimum atomic E-state index is -0.976. The summed E-state index contributed by atoms with van der Waals surface area (Å²) < 4.78 is 10.9. The van der Waals surface area contributed by atoms with E-state index in [1.54, 1.807) is 12.1 Å². The van der Waals surface area contributed by atoms with Crippen LogP contribution in [-0.2, 0) is 4.74 Å². The third-order valence-electron chi connectivity index (χ3n) is 4.33. The Labute approximate surface area is 141 Å². The zero-order chi connectivity index (χ0) is 17.2. The summed E-state index contributed by atoms with van der Waals surface area (Å²) in [6.45, 7) is 5.20. The molecule has 2 heterocycles. The van der Waals surface area contributed by atoms with E-state index in [1.807, 2.05) is 12.1 Å². The fraction of sp³-hybridized carbons (Fsp3) is 0.421. The van der Waals surface area contributed by atoms with Crippen molar-refractivity contribution in [2.24, 2.45) is 0 Å². The average molecular weight is 329 g/mol. The van der Waals surface area contributed by atoms with Crippen molar-refractivity contribution >= 4 is 5.91 Å². The Morgan fingerprint density at radius 3 is 2.88 bits per heavy atom. The minimum absolute atomic E-state index is 0.157. The maximum Gasteiger partial charge on any atom is 0.287 e. The van der Waals surface area contributed by atoms with Crippen molar-refractivity contribution in [3.8, 4) is 11.3 Å². The summed E-state index contributed by atoms with van der Waals surface area (Å²) >= 11 is 0. The van der Waals surface area contributed by atoms with Gasteiger partial charge in [-0.1, -0.05) is 32.0 Å². The standard InChI is InChI=1S/C19H23NO4/c1-13(2)14-4-3-5-15(10-14)16-6-7-17(24-16)18(21)20-11-19(22)8-9-23-12-19/h3-7,10,13,22H,8-9,11-12H2,1-2H3,(H,20,21)/t19-/m0/s1. The van der Waals surface area contributed by atoms with Crippen LogP contribution in [0.4, 0.5) is 0 Å². The molecule has 1 aliphatic heterocycles. The lowest BCUT2D eigenvalue weighted by molar-refractivity contribution is 0.0261. The van der Waals surface area contributed by atoms with Gasteiger partial charge in [0, 0.05) is 25.1 Å². The molecule has 0 unspecified atom stereocenters. The SMILES string of the molecule is CC(C)c1cccc(-c2ccc(C(=O)NC[C@@]3(O)CCOC3)o2)c1. The van der Waals surface area contributed by atoms with Crippen LogP contribution in [0.2, 0.25) is 0 Å². The van der Waals surface area contributed by atoms with E-state index in [0.717, 1.165) is 5.56 Å². The highest BCUT2D eigenvalue weighted by molar-refractivity contribution is 5.92. The topological polar surface area (TPSA) is 71.7 Å². The second-order valence-corrected chi connectivity index (χ2v) is 6.65. The van der Waals surface area contributed by atoms with Gasteiger partial charge in [0.15, 0.2) is 5.76 Å². The van der Waals surface area contributed by atoms with E-state index in [9.17, 15) is 9.90 Å². The Kier molecular flexibility index (Phi) is 4.73. The molecule has 0 aliphatic carbocycles. The van der Waals surface area contributed by atoms with Crippen LogP contribution in [0.25, 0.3) is 11.3 Å². The summed E-state index contributed by atoms with van der Waals surface area (Å²) in [6.07, 6.45) is 0.526. The Morgan fingerprint density at radius 1 is 1.33 bits per heavy atom. The molecule has 1 fully saturated rings. The van der Waals surface area contributed by atoms with Gasteiger partial charge >= 0.3 is 0 Å². The lowest BCUT2D eigenvalue weighted by atomic mass is 10.0. The molecule has 128 valence electrons. The van der Waals surface area contributed by atoms with Crippen molar-refractivity contribution in [1.29, 1.82) is 0 Å². The summed E-state index contributed by atoms with van der Waals surface area (Å²) in [6, 6.07) is 11.6. The lowest BCUT2D eigenvalue weighted by Crippen LogP contribution is -2.43. The number of amides is 1. The van der Waals surface area contributed by atoms with Crippen LogP contribution in [0, 0.1) is 0 Å². The molecule has 0 spiro atoms. The number of carbonyl (C=O) groups excluding carboxylic acids is 1. The zero-order valence-corrected chi connectivity index (χ0v) is 14.0. The normalized spacial score (nSPS) is 20.5. The van der Waals surface area contributed by atoms with Gasteiger partial charge in [0.1, 0.15) is 11.4 Å². The molecular weight excluding hydrogens is 306 g/mol. The van der Waals surface area contributed by atoms with Gasteiger partial charge < -0.3 is 19.6 Å². The molecule has 1 aliphatic rings. The molecule has 2 N–H and O–H groups in total. The van der Waals surface area contributed by atoms with E-state index in [2.05, 4.69) is 31.3 Å². The first-order valence-electron chi connectivity index (χ1n) is 8.25. The van der Waals surface area contributed by atoms with Crippen LogP contribution >= 0.6 is 0 Å². The van der Waals surface area contributed by atoms with Crippen LogP contribution in [0.15, 0.2) is 40.8 Å². The van der Waals surface area contributed by atoms with E-state index >= 15 is 0 Å². The number of aliphatic hydroxyl groups is 1. The summed E-state index contributed by atoms with van der Waals surface area (Å²) in [5.41, 5.74) is 1.19. The van der Waals surface area contributed by atoms with E-state index < -0.39 is 5.60 Å². The zero-order valence-electron chi connectivity index (χ0n) is 14.0. The fourth-order valence-electron chi connectivity index (χ4n) is 2.73. The second-order valence-electron chi connectivity index (χ2n) is 6.65. The van der Waals surface area contributed by atoms with Gasteiger partial charge in [0.2, 0.25) is 0 Å². The molecule has 0 saturated carbocycles. The van der Waals surface area contributed by atoms with E-state index in [1.165, 1.54) is 5.56 Å². The molecule has 2 aromatic rings. The van der Waals surface area contributed by atoms with Crippen LogP contribution in [0.1, 0.15) is 42.3 Å². The van der Waals surface area contributed by atoms with Gasteiger partial charge in [-0.15, -0.1) is 0 Å². The van der Waals surface area contributed by atoms with Gasteiger partial charge in [0.05, 0.1) is 6.61 Å². The molecule has 5 heteroatoms. The first-order chi connectivity index (χ1) is 11.5. The van der Waals surface area contributed by atoms with Crippen LogP contribution < -0.4 is 5.32 Å². The van der Waals surface area contributed by atoms with E-state index in [0.29, 0.717) is 24.7 Å². The average Bonchev–Trinajstić information content (AvgIpc) is 3.23. The van der Waals surface area contributed by atoms with Gasteiger partial charge in [-0.25, -0.2) is 0 Å². The molecular formula is C19H23NO4. The molecule has 1 aromatic carbocycles. The predicted octanol–water partition coefficient (Wildman–Crippen LogP) is 2.95. The van der Waals surface area contributed by atoms with Gasteiger partial charge in [0.25, 0.3) is 5.91 Å². The molecule has 24 heavy (non-hydrogen) atoms. The summed E-state index contributed by atoms with van der Waals surface area (Å²) in [5, 5.41) is 12.9. The molecule has 5 nitrogen and oxygen atoms in total. The lowest BCUT2D eigenvalue weighted by Gasteiger charge is -2.20. The van der Waals surface area contributed by atoms with Gasteiger partial charge in [-0.3, -0.25) is 4.79 Å². The van der Waals surface area contributed by atoms with Gasteiger partial charge in [-0.05, 0) is 29.7 Å². The number of hydrogen-bond donors (Lipinski definition) is 2. The monoisotopic (exact) mass is 329 g/mol. The van der Waals surface area contributed by atoms with Crippen LogP contribution in [0.5, 0.6) is 0 Å². The third kappa shape index (κ3) is 3.68. The van der Waals surface area contributed by atoms with Crippen LogP contribution in [-0.4, -0.2) is 36.4 Å². The molecule has 0 bridgehead atoms. The van der Waals surface area contributed by atoms with Crippen molar-refractivity contribution in [3.63, 3.8) is 0 Å². The molecule has 1 amide bonds.